The number of aromatic nitrogens is 1. The molecule has 0 atom stereocenters. The van der Waals surface area contributed by atoms with E-state index in [1.165, 1.54) is 5.56 Å². The van der Waals surface area contributed by atoms with Crippen molar-refractivity contribution < 1.29 is 9.47 Å². The first kappa shape index (κ1) is 11.6. The quantitative estimate of drug-likeness (QED) is 0.770. The lowest BCUT2D eigenvalue weighted by Crippen LogP contribution is -2.18. The van der Waals surface area contributed by atoms with Crippen LogP contribution in [-0.2, 0) is 9.47 Å². The Hall–Kier alpha value is -1.45. The average molecular weight is 243 g/mol. The van der Waals surface area contributed by atoms with Gasteiger partial charge in [0.1, 0.15) is 0 Å². The predicted molar refractivity (Wildman–Crippen MR) is 70.5 cm³/mol. The maximum Gasteiger partial charge on any atom is 0.185 e. The van der Waals surface area contributed by atoms with Crippen LogP contribution in [0, 0.1) is 13.8 Å². The summed E-state index contributed by atoms with van der Waals surface area (Å²) in [5, 5.41) is 1.15. The molecule has 1 saturated heterocycles. The molecule has 0 unspecified atom stereocenters. The van der Waals surface area contributed by atoms with E-state index in [2.05, 4.69) is 19.1 Å². The van der Waals surface area contributed by atoms with Crippen molar-refractivity contribution in [1.82, 2.24) is 4.98 Å². The Bertz CT molecular complexity index is 574. The van der Waals surface area contributed by atoms with Gasteiger partial charge in [0.2, 0.25) is 0 Å². The molecular formula is C15H17NO2. The molecule has 0 spiro atoms. The maximum absolute atomic E-state index is 5.68. The molecule has 3 rings (SSSR count). The first-order valence-electron chi connectivity index (χ1n) is 6.36. The number of benzene rings is 1. The van der Waals surface area contributed by atoms with E-state index in [4.69, 9.17) is 14.5 Å². The van der Waals surface area contributed by atoms with Crippen LogP contribution < -0.4 is 0 Å². The molecule has 0 radical (unpaired) electrons. The molecule has 0 N–H and O–H groups in total. The third-order valence-corrected chi connectivity index (χ3v) is 3.40. The van der Waals surface area contributed by atoms with Crippen molar-refractivity contribution in [2.24, 2.45) is 0 Å². The molecule has 1 aliphatic rings. The maximum atomic E-state index is 5.68. The van der Waals surface area contributed by atoms with Crippen LogP contribution in [-0.4, -0.2) is 18.2 Å². The van der Waals surface area contributed by atoms with E-state index in [1.807, 2.05) is 19.1 Å². The summed E-state index contributed by atoms with van der Waals surface area (Å²) < 4.78 is 11.4. The van der Waals surface area contributed by atoms with Gasteiger partial charge in [-0.25, -0.2) is 0 Å². The number of rotatable bonds is 1. The Balaban J connectivity index is 2.13. The summed E-state index contributed by atoms with van der Waals surface area (Å²) in [6.07, 6.45) is 0.698. The molecule has 1 aromatic heterocycles. The third-order valence-electron chi connectivity index (χ3n) is 3.40. The lowest BCUT2D eigenvalue weighted by atomic mass is 10.1. The number of pyridine rings is 1. The first-order chi connectivity index (χ1) is 8.75. The van der Waals surface area contributed by atoms with Gasteiger partial charge in [-0.1, -0.05) is 18.2 Å². The number of fused-ring (bicyclic) bond motifs is 1. The van der Waals surface area contributed by atoms with Crippen LogP contribution in [0.5, 0.6) is 0 Å². The SMILES string of the molecule is Cc1cc2cccc(C3OCCCO3)c2nc1C. The molecule has 18 heavy (non-hydrogen) atoms. The van der Waals surface area contributed by atoms with Gasteiger partial charge in [0.25, 0.3) is 0 Å². The highest BCUT2D eigenvalue weighted by atomic mass is 16.7. The molecule has 2 heterocycles. The molecule has 1 fully saturated rings. The van der Waals surface area contributed by atoms with Gasteiger partial charge in [0, 0.05) is 16.6 Å². The fourth-order valence-corrected chi connectivity index (χ4v) is 2.28. The highest BCUT2D eigenvalue weighted by Crippen LogP contribution is 2.29. The molecular weight excluding hydrogens is 226 g/mol. The van der Waals surface area contributed by atoms with Gasteiger partial charge in [-0.15, -0.1) is 0 Å². The minimum atomic E-state index is -0.267. The van der Waals surface area contributed by atoms with E-state index >= 15 is 0 Å². The summed E-state index contributed by atoms with van der Waals surface area (Å²) in [6, 6.07) is 8.33. The Morgan fingerprint density at radius 1 is 1.17 bits per heavy atom. The lowest BCUT2D eigenvalue weighted by Gasteiger charge is -2.24. The molecule has 1 aromatic carbocycles. The fraction of sp³-hybridized carbons (Fsp3) is 0.400. The second kappa shape index (κ2) is 4.67. The summed E-state index contributed by atoms with van der Waals surface area (Å²) in [7, 11) is 0. The third kappa shape index (κ3) is 2.00. The zero-order valence-corrected chi connectivity index (χ0v) is 10.8. The van der Waals surface area contributed by atoms with Crippen molar-refractivity contribution >= 4 is 10.9 Å². The molecule has 0 aliphatic carbocycles. The van der Waals surface area contributed by atoms with Crippen LogP contribution in [0.15, 0.2) is 24.3 Å². The van der Waals surface area contributed by atoms with Gasteiger partial charge in [-0.2, -0.15) is 0 Å². The van der Waals surface area contributed by atoms with Gasteiger partial charge in [-0.05, 0) is 31.9 Å². The number of hydrogen-bond donors (Lipinski definition) is 0. The zero-order valence-electron chi connectivity index (χ0n) is 10.8. The van der Waals surface area contributed by atoms with Crippen molar-refractivity contribution in [2.45, 2.75) is 26.6 Å². The Morgan fingerprint density at radius 2 is 1.94 bits per heavy atom. The number of nitrogens with zero attached hydrogens (tertiary/aromatic N) is 1. The molecule has 1 aliphatic heterocycles. The van der Waals surface area contributed by atoms with E-state index < -0.39 is 0 Å². The number of para-hydroxylation sites is 1. The molecule has 3 heteroatoms. The van der Waals surface area contributed by atoms with Gasteiger partial charge >= 0.3 is 0 Å². The number of hydrogen-bond acceptors (Lipinski definition) is 3. The zero-order chi connectivity index (χ0) is 12.5. The number of ether oxygens (including phenoxy) is 2. The van der Waals surface area contributed by atoms with Crippen LogP contribution >= 0.6 is 0 Å². The van der Waals surface area contributed by atoms with Crippen molar-refractivity contribution in [3.8, 4) is 0 Å². The van der Waals surface area contributed by atoms with Crippen molar-refractivity contribution in [1.29, 1.82) is 0 Å². The largest absolute Gasteiger partial charge is 0.348 e. The second-order valence-corrected chi connectivity index (χ2v) is 4.74. The molecule has 2 aromatic rings. The van der Waals surface area contributed by atoms with Crippen molar-refractivity contribution in [3.63, 3.8) is 0 Å². The second-order valence-electron chi connectivity index (χ2n) is 4.74. The van der Waals surface area contributed by atoms with Crippen molar-refractivity contribution in [3.05, 3.63) is 41.1 Å². The van der Waals surface area contributed by atoms with E-state index in [1.54, 1.807) is 0 Å². The minimum absolute atomic E-state index is 0.267. The van der Waals surface area contributed by atoms with E-state index in [9.17, 15) is 0 Å². The standard InChI is InChI=1S/C15H17NO2/c1-10-9-12-5-3-6-13(14(12)16-11(10)2)15-17-7-4-8-18-15/h3,5-6,9,15H,4,7-8H2,1-2H3. The highest BCUT2D eigenvalue weighted by Gasteiger charge is 2.19. The summed E-state index contributed by atoms with van der Waals surface area (Å²) in [5.74, 6) is 0. The van der Waals surface area contributed by atoms with Gasteiger partial charge < -0.3 is 9.47 Å². The van der Waals surface area contributed by atoms with E-state index in [0.717, 1.165) is 41.8 Å². The smallest absolute Gasteiger partial charge is 0.185 e. The van der Waals surface area contributed by atoms with Crippen LogP contribution in [0.1, 0.15) is 29.5 Å². The summed E-state index contributed by atoms with van der Waals surface area (Å²) in [4.78, 5) is 4.69. The minimum Gasteiger partial charge on any atom is -0.348 e. The lowest BCUT2D eigenvalue weighted by molar-refractivity contribution is -0.182. The molecule has 3 nitrogen and oxygen atoms in total. The summed E-state index contributed by atoms with van der Waals surface area (Å²) >= 11 is 0. The Kier molecular flexibility index (Phi) is 3.02. The monoisotopic (exact) mass is 243 g/mol. The molecule has 0 bridgehead atoms. The summed E-state index contributed by atoms with van der Waals surface area (Å²) in [5.41, 5.74) is 4.30. The Labute approximate surface area is 107 Å². The molecule has 0 saturated carbocycles. The average Bonchev–Trinajstić information content (AvgIpc) is 2.40. The van der Waals surface area contributed by atoms with Gasteiger partial charge in [-0.3, -0.25) is 4.98 Å². The van der Waals surface area contributed by atoms with Crippen LogP contribution in [0.3, 0.4) is 0 Å². The number of aryl methyl sites for hydroxylation is 2. The van der Waals surface area contributed by atoms with Crippen LogP contribution in [0.2, 0.25) is 0 Å². The van der Waals surface area contributed by atoms with Crippen LogP contribution in [0.4, 0.5) is 0 Å². The van der Waals surface area contributed by atoms with E-state index in [-0.39, 0.29) is 6.29 Å². The van der Waals surface area contributed by atoms with Gasteiger partial charge in [0.15, 0.2) is 6.29 Å². The van der Waals surface area contributed by atoms with Gasteiger partial charge in [0.05, 0.1) is 18.7 Å². The highest BCUT2D eigenvalue weighted by molar-refractivity contribution is 5.83. The normalized spacial score (nSPS) is 17.2. The predicted octanol–water partition coefficient (Wildman–Crippen LogP) is 3.29. The summed E-state index contributed by atoms with van der Waals surface area (Å²) in [6.45, 7) is 5.63. The van der Waals surface area contributed by atoms with Crippen LogP contribution in [0.25, 0.3) is 10.9 Å². The molecule has 94 valence electrons. The van der Waals surface area contributed by atoms with E-state index in [0.29, 0.717) is 0 Å². The Morgan fingerprint density at radius 3 is 2.72 bits per heavy atom. The topological polar surface area (TPSA) is 31.4 Å². The van der Waals surface area contributed by atoms with Crippen molar-refractivity contribution in [2.75, 3.05) is 13.2 Å². The first-order valence-corrected chi connectivity index (χ1v) is 6.36. The molecule has 0 amide bonds. The fourth-order valence-electron chi connectivity index (χ4n) is 2.28.